The summed E-state index contributed by atoms with van der Waals surface area (Å²) < 4.78 is 5.39. The normalized spacial score (nSPS) is 10.5. The van der Waals surface area contributed by atoms with E-state index in [0.717, 1.165) is 0 Å². The SMILES string of the molecule is CCc1nnc(-c2c(N)cccc2Cl)o1. The van der Waals surface area contributed by atoms with Gasteiger partial charge in [0.05, 0.1) is 10.6 Å². The predicted molar refractivity (Wildman–Crippen MR) is 58.5 cm³/mol. The minimum atomic E-state index is 0.370. The molecular weight excluding hydrogens is 214 g/mol. The van der Waals surface area contributed by atoms with Gasteiger partial charge < -0.3 is 10.2 Å². The van der Waals surface area contributed by atoms with Crippen molar-refractivity contribution in [3.8, 4) is 11.5 Å². The van der Waals surface area contributed by atoms with Gasteiger partial charge in [0, 0.05) is 12.1 Å². The topological polar surface area (TPSA) is 64.9 Å². The Kier molecular flexibility index (Phi) is 2.60. The first-order valence-corrected chi connectivity index (χ1v) is 4.97. The molecule has 0 amide bonds. The van der Waals surface area contributed by atoms with Gasteiger partial charge in [0.1, 0.15) is 0 Å². The lowest BCUT2D eigenvalue weighted by Gasteiger charge is -2.02. The van der Waals surface area contributed by atoms with Crippen LogP contribution in [0.2, 0.25) is 5.02 Å². The Morgan fingerprint density at radius 3 is 2.80 bits per heavy atom. The molecule has 0 aliphatic heterocycles. The number of hydrogen-bond acceptors (Lipinski definition) is 4. The average molecular weight is 224 g/mol. The number of aromatic nitrogens is 2. The third-order valence-electron chi connectivity index (χ3n) is 2.03. The number of nitrogens with two attached hydrogens (primary N) is 1. The van der Waals surface area contributed by atoms with Crippen molar-refractivity contribution in [2.45, 2.75) is 13.3 Å². The van der Waals surface area contributed by atoms with E-state index in [0.29, 0.717) is 34.5 Å². The third kappa shape index (κ3) is 1.80. The highest BCUT2D eigenvalue weighted by molar-refractivity contribution is 6.33. The first-order chi connectivity index (χ1) is 7.22. The molecule has 0 radical (unpaired) electrons. The first kappa shape index (κ1) is 9.98. The van der Waals surface area contributed by atoms with Crippen molar-refractivity contribution in [1.82, 2.24) is 10.2 Å². The Morgan fingerprint density at radius 2 is 2.20 bits per heavy atom. The minimum absolute atomic E-state index is 0.370. The summed E-state index contributed by atoms with van der Waals surface area (Å²) in [5, 5.41) is 8.28. The highest BCUT2D eigenvalue weighted by Crippen LogP contribution is 2.31. The lowest BCUT2D eigenvalue weighted by atomic mass is 10.2. The van der Waals surface area contributed by atoms with Gasteiger partial charge in [-0.25, -0.2) is 0 Å². The zero-order chi connectivity index (χ0) is 10.8. The Hall–Kier alpha value is -1.55. The smallest absolute Gasteiger partial charge is 0.251 e. The predicted octanol–water partition coefficient (Wildman–Crippen LogP) is 2.53. The van der Waals surface area contributed by atoms with Crippen LogP contribution >= 0.6 is 11.6 Å². The molecule has 0 spiro atoms. The molecule has 1 heterocycles. The summed E-state index contributed by atoms with van der Waals surface area (Å²) >= 11 is 6.01. The maximum absolute atomic E-state index is 6.01. The Morgan fingerprint density at radius 1 is 1.40 bits per heavy atom. The third-order valence-corrected chi connectivity index (χ3v) is 2.34. The summed E-state index contributed by atoms with van der Waals surface area (Å²) in [6, 6.07) is 5.26. The molecule has 2 aromatic rings. The number of hydrogen-bond donors (Lipinski definition) is 1. The van der Waals surface area contributed by atoms with Crippen molar-refractivity contribution in [2.24, 2.45) is 0 Å². The summed E-state index contributed by atoms with van der Waals surface area (Å²) in [6.45, 7) is 1.94. The number of nitrogens with zero attached hydrogens (tertiary/aromatic N) is 2. The van der Waals surface area contributed by atoms with Gasteiger partial charge in [0.15, 0.2) is 0 Å². The molecule has 78 valence electrons. The molecule has 0 unspecified atom stereocenters. The number of nitrogen functional groups attached to an aromatic ring is 1. The van der Waals surface area contributed by atoms with Crippen molar-refractivity contribution in [3.63, 3.8) is 0 Å². The van der Waals surface area contributed by atoms with Crippen LogP contribution in [0.25, 0.3) is 11.5 Å². The second-order valence-corrected chi connectivity index (χ2v) is 3.47. The molecule has 0 aliphatic rings. The van der Waals surface area contributed by atoms with E-state index in [4.69, 9.17) is 21.8 Å². The van der Waals surface area contributed by atoms with Crippen molar-refractivity contribution in [3.05, 3.63) is 29.1 Å². The Labute approximate surface area is 92.1 Å². The van der Waals surface area contributed by atoms with Crippen LogP contribution in [0.15, 0.2) is 22.6 Å². The second-order valence-electron chi connectivity index (χ2n) is 3.06. The fourth-order valence-electron chi connectivity index (χ4n) is 1.26. The monoisotopic (exact) mass is 223 g/mol. The zero-order valence-electron chi connectivity index (χ0n) is 8.20. The highest BCUT2D eigenvalue weighted by atomic mass is 35.5. The lowest BCUT2D eigenvalue weighted by Crippen LogP contribution is -1.90. The fraction of sp³-hybridized carbons (Fsp3) is 0.200. The molecule has 2 N–H and O–H groups in total. The van der Waals surface area contributed by atoms with Crippen LogP contribution in [0.5, 0.6) is 0 Å². The van der Waals surface area contributed by atoms with Crippen LogP contribution in [0.4, 0.5) is 5.69 Å². The summed E-state index contributed by atoms with van der Waals surface area (Å²) in [5.41, 5.74) is 6.93. The van der Waals surface area contributed by atoms with E-state index < -0.39 is 0 Å². The number of halogens is 1. The number of aryl methyl sites for hydroxylation is 1. The molecule has 0 saturated heterocycles. The van der Waals surface area contributed by atoms with Gasteiger partial charge in [-0.3, -0.25) is 0 Å². The van der Waals surface area contributed by atoms with Gasteiger partial charge in [0.2, 0.25) is 5.89 Å². The van der Waals surface area contributed by atoms with E-state index in [1.807, 2.05) is 6.92 Å². The molecule has 5 heteroatoms. The Balaban J connectivity index is 2.53. The van der Waals surface area contributed by atoms with Crippen molar-refractivity contribution >= 4 is 17.3 Å². The van der Waals surface area contributed by atoms with Crippen LogP contribution in [-0.2, 0) is 6.42 Å². The maximum Gasteiger partial charge on any atom is 0.251 e. The molecule has 1 aromatic carbocycles. The fourth-order valence-corrected chi connectivity index (χ4v) is 1.53. The van der Waals surface area contributed by atoms with Gasteiger partial charge in [-0.1, -0.05) is 24.6 Å². The van der Waals surface area contributed by atoms with E-state index in [-0.39, 0.29) is 0 Å². The Bertz CT molecular complexity index is 461. The van der Waals surface area contributed by atoms with Gasteiger partial charge in [-0.2, -0.15) is 0 Å². The van der Waals surface area contributed by atoms with Gasteiger partial charge in [-0.05, 0) is 12.1 Å². The van der Waals surface area contributed by atoms with E-state index in [1.54, 1.807) is 18.2 Å². The van der Waals surface area contributed by atoms with Gasteiger partial charge >= 0.3 is 0 Å². The van der Waals surface area contributed by atoms with E-state index in [1.165, 1.54) is 0 Å². The van der Waals surface area contributed by atoms with Crippen LogP contribution in [0.3, 0.4) is 0 Å². The molecule has 0 fully saturated rings. The summed E-state index contributed by atoms with van der Waals surface area (Å²) in [4.78, 5) is 0. The standard InChI is InChI=1S/C10H10ClN3O/c1-2-8-13-14-10(15-8)9-6(11)4-3-5-7(9)12/h3-5H,2,12H2,1H3. The van der Waals surface area contributed by atoms with Gasteiger partial charge in [-0.15, -0.1) is 10.2 Å². The lowest BCUT2D eigenvalue weighted by molar-refractivity contribution is 0.513. The van der Waals surface area contributed by atoms with Crippen LogP contribution in [0, 0.1) is 0 Å². The number of rotatable bonds is 2. The summed E-state index contributed by atoms with van der Waals surface area (Å²) in [6.07, 6.45) is 0.692. The molecule has 15 heavy (non-hydrogen) atoms. The second kappa shape index (κ2) is 3.90. The molecule has 0 aliphatic carbocycles. The van der Waals surface area contributed by atoms with Crippen molar-refractivity contribution < 1.29 is 4.42 Å². The maximum atomic E-state index is 6.01. The number of benzene rings is 1. The van der Waals surface area contributed by atoms with Crippen LogP contribution in [-0.4, -0.2) is 10.2 Å². The van der Waals surface area contributed by atoms with Crippen LogP contribution in [0.1, 0.15) is 12.8 Å². The first-order valence-electron chi connectivity index (χ1n) is 4.59. The number of anilines is 1. The quantitative estimate of drug-likeness (QED) is 0.795. The molecule has 2 rings (SSSR count). The molecular formula is C10H10ClN3O. The summed E-state index contributed by atoms with van der Waals surface area (Å²) in [5.74, 6) is 0.944. The largest absolute Gasteiger partial charge is 0.421 e. The van der Waals surface area contributed by atoms with Gasteiger partial charge in [0.25, 0.3) is 5.89 Å². The van der Waals surface area contributed by atoms with E-state index in [9.17, 15) is 0 Å². The molecule has 4 nitrogen and oxygen atoms in total. The summed E-state index contributed by atoms with van der Waals surface area (Å²) in [7, 11) is 0. The van der Waals surface area contributed by atoms with E-state index in [2.05, 4.69) is 10.2 Å². The molecule has 1 aromatic heterocycles. The van der Waals surface area contributed by atoms with Crippen LogP contribution < -0.4 is 5.73 Å². The average Bonchev–Trinajstić information content (AvgIpc) is 2.66. The zero-order valence-corrected chi connectivity index (χ0v) is 8.95. The van der Waals surface area contributed by atoms with Crippen molar-refractivity contribution in [1.29, 1.82) is 0 Å². The minimum Gasteiger partial charge on any atom is -0.421 e. The van der Waals surface area contributed by atoms with E-state index >= 15 is 0 Å². The molecule has 0 saturated carbocycles. The highest BCUT2D eigenvalue weighted by Gasteiger charge is 2.13. The van der Waals surface area contributed by atoms with Crippen molar-refractivity contribution in [2.75, 3.05) is 5.73 Å². The molecule has 0 bridgehead atoms. The molecule has 0 atom stereocenters.